The van der Waals surface area contributed by atoms with Gasteiger partial charge in [0.2, 0.25) is 0 Å². The molecule has 0 bridgehead atoms. The summed E-state index contributed by atoms with van der Waals surface area (Å²) in [5, 5.41) is 7.22. The van der Waals surface area contributed by atoms with Crippen molar-refractivity contribution in [3.63, 3.8) is 0 Å². The molecule has 1 heterocycles. The van der Waals surface area contributed by atoms with Crippen molar-refractivity contribution in [2.75, 3.05) is 12.8 Å². The van der Waals surface area contributed by atoms with Crippen LogP contribution in [0.5, 0.6) is 5.75 Å². The van der Waals surface area contributed by atoms with Crippen molar-refractivity contribution in [3.05, 3.63) is 16.9 Å². The zero-order chi connectivity index (χ0) is 9.14. The van der Waals surface area contributed by atoms with Crippen molar-refractivity contribution in [1.29, 1.82) is 5.41 Å². The summed E-state index contributed by atoms with van der Waals surface area (Å²) < 4.78 is 4.89. The van der Waals surface area contributed by atoms with Crippen molar-refractivity contribution in [2.24, 2.45) is 0 Å². The Morgan fingerprint density at radius 3 is 2.92 bits per heavy atom. The van der Waals surface area contributed by atoms with Crippen LogP contribution in [0.3, 0.4) is 0 Å². The zero-order valence-corrected chi connectivity index (χ0v) is 7.22. The van der Waals surface area contributed by atoms with Gasteiger partial charge in [-0.2, -0.15) is 0 Å². The third-order valence-electron chi connectivity index (χ3n) is 1.44. The Balaban J connectivity index is 3.33. The number of anilines is 1. The SMILES string of the molecule is COc1cnc(Cl)c(C=N)c1N. The van der Waals surface area contributed by atoms with Crippen LogP contribution in [-0.2, 0) is 0 Å². The molecule has 0 aliphatic carbocycles. The van der Waals surface area contributed by atoms with E-state index in [0.29, 0.717) is 17.0 Å². The molecule has 1 aromatic heterocycles. The number of hydrogen-bond acceptors (Lipinski definition) is 4. The zero-order valence-electron chi connectivity index (χ0n) is 6.47. The van der Waals surface area contributed by atoms with E-state index in [1.165, 1.54) is 13.3 Å². The lowest BCUT2D eigenvalue weighted by atomic mass is 10.2. The first-order valence-electron chi connectivity index (χ1n) is 3.19. The van der Waals surface area contributed by atoms with Gasteiger partial charge < -0.3 is 15.9 Å². The minimum Gasteiger partial charge on any atom is -0.493 e. The molecule has 0 radical (unpaired) electrons. The highest BCUT2D eigenvalue weighted by atomic mass is 35.5. The lowest BCUT2D eigenvalue weighted by molar-refractivity contribution is 0.415. The van der Waals surface area contributed by atoms with E-state index in [0.717, 1.165) is 6.21 Å². The van der Waals surface area contributed by atoms with Crippen molar-refractivity contribution in [2.45, 2.75) is 0 Å². The summed E-state index contributed by atoms with van der Waals surface area (Å²) in [6, 6.07) is 0. The molecule has 0 spiro atoms. The number of nitrogens with two attached hydrogens (primary N) is 1. The minimum atomic E-state index is 0.211. The number of hydrogen-bond donors (Lipinski definition) is 2. The molecule has 0 aromatic carbocycles. The van der Waals surface area contributed by atoms with Crippen LogP contribution in [-0.4, -0.2) is 18.3 Å². The Morgan fingerprint density at radius 2 is 2.42 bits per heavy atom. The summed E-state index contributed by atoms with van der Waals surface area (Å²) in [5.41, 5.74) is 6.33. The molecule has 0 aliphatic rings. The Labute approximate surface area is 74.8 Å². The normalized spacial score (nSPS) is 9.50. The van der Waals surface area contributed by atoms with E-state index in [4.69, 9.17) is 27.5 Å². The van der Waals surface area contributed by atoms with Gasteiger partial charge in [-0.25, -0.2) is 4.98 Å². The highest BCUT2D eigenvalue weighted by Gasteiger charge is 2.08. The van der Waals surface area contributed by atoms with Crippen LogP contribution in [0.1, 0.15) is 5.56 Å². The molecule has 3 N–H and O–H groups in total. The van der Waals surface area contributed by atoms with E-state index in [2.05, 4.69) is 4.98 Å². The minimum absolute atomic E-state index is 0.211. The first kappa shape index (κ1) is 8.80. The maximum Gasteiger partial charge on any atom is 0.160 e. The van der Waals surface area contributed by atoms with Crippen LogP contribution in [0.2, 0.25) is 5.15 Å². The van der Waals surface area contributed by atoms with Gasteiger partial charge in [-0.15, -0.1) is 0 Å². The molecule has 5 heteroatoms. The third-order valence-corrected chi connectivity index (χ3v) is 1.74. The Morgan fingerprint density at radius 1 is 1.75 bits per heavy atom. The first-order valence-corrected chi connectivity index (χ1v) is 3.57. The quantitative estimate of drug-likeness (QED) is 0.539. The summed E-state index contributed by atoms with van der Waals surface area (Å²) in [5.74, 6) is 0.429. The van der Waals surface area contributed by atoms with Gasteiger partial charge in [0.15, 0.2) is 5.75 Å². The molecule has 0 unspecified atom stereocenters. The van der Waals surface area contributed by atoms with Gasteiger partial charge in [0.1, 0.15) is 5.15 Å². The molecule has 1 rings (SSSR count). The van der Waals surface area contributed by atoms with Gasteiger partial charge >= 0.3 is 0 Å². The van der Waals surface area contributed by atoms with Gasteiger partial charge in [-0.1, -0.05) is 11.6 Å². The van der Waals surface area contributed by atoms with Crippen molar-refractivity contribution in [3.8, 4) is 5.75 Å². The van der Waals surface area contributed by atoms with E-state index in [1.54, 1.807) is 0 Å². The lowest BCUT2D eigenvalue weighted by Gasteiger charge is -2.06. The van der Waals surface area contributed by atoms with E-state index in [-0.39, 0.29) is 5.15 Å². The number of nitrogens with zero attached hydrogens (tertiary/aromatic N) is 1. The van der Waals surface area contributed by atoms with Crippen LogP contribution in [0.25, 0.3) is 0 Å². The second-order valence-corrected chi connectivity index (χ2v) is 2.45. The van der Waals surface area contributed by atoms with Crippen molar-refractivity contribution >= 4 is 23.5 Å². The monoisotopic (exact) mass is 185 g/mol. The number of rotatable bonds is 2. The molecular formula is C7H8ClN3O. The molecular weight excluding hydrogens is 178 g/mol. The average Bonchev–Trinajstić information content (AvgIpc) is 2.06. The van der Waals surface area contributed by atoms with Crippen LogP contribution >= 0.6 is 11.6 Å². The summed E-state index contributed by atoms with van der Waals surface area (Å²) in [6.45, 7) is 0. The molecule has 0 saturated carbocycles. The van der Waals surface area contributed by atoms with Crippen LogP contribution in [0.4, 0.5) is 5.69 Å². The van der Waals surface area contributed by atoms with E-state index in [9.17, 15) is 0 Å². The number of nitrogen functional groups attached to an aromatic ring is 1. The molecule has 64 valence electrons. The number of methoxy groups -OCH3 is 1. The van der Waals surface area contributed by atoms with Gasteiger partial charge in [0.25, 0.3) is 0 Å². The Bertz CT molecular complexity index is 314. The molecule has 0 fully saturated rings. The maximum absolute atomic E-state index is 7.01. The molecule has 4 nitrogen and oxygen atoms in total. The highest BCUT2D eigenvalue weighted by Crippen LogP contribution is 2.26. The largest absolute Gasteiger partial charge is 0.493 e. The van der Waals surface area contributed by atoms with E-state index in [1.807, 2.05) is 0 Å². The molecule has 0 amide bonds. The fourth-order valence-electron chi connectivity index (χ4n) is 0.798. The molecule has 0 saturated heterocycles. The summed E-state index contributed by atoms with van der Waals surface area (Å²) in [4.78, 5) is 3.79. The standard InChI is InChI=1S/C7H8ClN3O/c1-12-5-3-11-7(8)4(2-9)6(5)10/h2-3,9H,1H3,(H2,10,11). The molecule has 0 aliphatic heterocycles. The Kier molecular flexibility index (Phi) is 2.50. The number of pyridine rings is 1. The average molecular weight is 186 g/mol. The van der Waals surface area contributed by atoms with Crippen molar-refractivity contribution < 1.29 is 4.74 Å². The first-order chi connectivity index (χ1) is 5.70. The number of ether oxygens (including phenoxy) is 1. The second kappa shape index (κ2) is 3.40. The lowest BCUT2D eigenvalue weighted by Crippen LogP contribution is -1.99. The number of nitrogens with one attached hydrogen (secondary N) is 1. The van der Waals surface area contributed by atoms with Crippen LogP contribution in [0, 0.1) is 5.41 Å². The number of halogens is 1. The Hall–Kier alpha value is -1.29. The molecule has 0 atom stereocenters. The van der Waals surface area contributed by atoms with Crippen LogP contribution < -0.4 is 10.5 Å². The summed E-state index contributed by atoms with van der Waals surface area (Å²) >= 11 is 5.66. The van der Waals surface area contributed by atoms with E-state index >= 15 is 0 Å². The summed E-state index contributed by atoms with van der Waals surface area (Å²) in [6.07, 6.45) is 2.47. The second-order valence-electron chi connectivity index (χ2n) is 2.09. The maximum atomic E-state index is 7.01. The van der Waals surface area contributed by atoms with Gasteiger partial charge in [0.05, 0.1) is 24.6 Å². The highest BCUT2D eigenvalue weighted by molar-refractivity contribution is 6.32. The van der Waals surface area contributed by atoms with Gasteiger partial charge in [-0.05, 0) is 0 Å². The molecule has 1 aromatic rings. The fourth-order valence-corrected chi connectivity index (χ4v) is 1.00. The smallest absolute Gasteiger partial charge is 0.160 e. The fraction of sp³-hybridized carbons (Fsp3) is 0.143. The van der Waals surface area contributed by atoms with Gasteiger partial charge in [-0.3, -0.25) is 0 Å². The number of aromatic nitrogens is 1. The van der Waals surface area contributed by atoms with Gasteiger partial charge in [0, 0.05) is 6.21 Å². The van der Waals surface area contributed by atoms with Crippen LogP contribution in [0.15, 0.2) is 6.20 Å². The third kappa shape index (κ3) is 1.33. The van der Waals surface area contributed by atoms with E-state index < -0.39 is 0 Å². The molecule has 12 heavy (non-hydrogen) atoms. The topological polar surface area (TPSA) is 72.0 Å². The predicted octanol–water partition coefficient (Wildman–Crippen LogP) is 1.32. The van der Waals surface area contributed by atoms with Crippen molar-refractivity contribution in [1.82, 2.24) is 4.98 Å². The summed E-state index contributed by atoms with van der Waals surface area (Å²) in [7, 11) is 1.48. The predicted molar refractivity (Wildman–Crippen MR) is 48.1 cm³/mol.